The zero-order chi connectivity index (χ0) is 14.1. The van der Waals surface area contributed by atoms with Crippen LogP contribution in [0.2, 0.25) is 5.02 Å². The maximum absolute atomic E-state index is 7.01. The van der Waals surface area contributed by atoms with Crippen molar-refractivity contribution >= 4 is 45.5 Å². The Bertz CT molecular complexity index is 833. The number of fused-ring (bicyclic) bond motifs is 1. The number of nitrogens with zero attached hydrogens (tertiary/aromatic N) is 1. The van der Waals surface area contributed by atoms with Crippen LogP contribution in [0.4, 0.5) is 22.9 Å². The predicted octanol–water partition coefficient (Wildman–Crippen LogP) is 4.96. The van der Waals surface area contributed by atoms with Gasteiger partial charge in [-0.1, -0.05) is 35.9 Å². The second kappa shape index (κ2) is 4.80. The van der Waals surface area contributed by atoms with Gasteiger partial charge >= 0.3 is 0 Å². The molecule has 98 valence electrons. The summed E-state index contributed by atoms with van der Waals surface area (Å²) < 4.78 is 5.48. The molecule has 2 aromatic carbocycles. The fraction of sp³-hybridized carbons (Fsp3) is 0. The minimum absolute atomic E-state index is 0.266. The van der Waals surface area contributed by atoms with Gasteiger partial charge < -0.3 is 15.5 Å². The molecule has 3 aromatic rings. The number of furan rings is 1. The zero-order valence-corrected chi connectivity index (χ0v) is 11.1. The third-order valence-corrected chi connectivity index (χ3v) is 3.29. The molecule has 0 atom stereocenters. The highest BCUT2D eigenvalue weighted by molar-refractivity contribution is 6.33. The first kappa shape index (κ1) is 12.4. The van der Waals surface area contributed by atoms with Gasteiger partial charge in [0.15, 0.2) is 5.69 Å². The van der Waals surface area contributed by atoms with Crippen LogP contribution in [0.3, 0.4) is 0 Å². The SMILES string of the molecule is [C-]#[N+]c1ccc2c(Nc3ccccc3Cl)c(N)oc2c1. The van der Waals surface area contributed by atoms with Gasteiger partial charge in [-0.3, -0.25) is 0 Å². The van der Waals surface area contributed by atoms with E-state index in [0.29, 0.717) is 22.0 Å². The average molecular weight is 284 g/mol. The summed E-state index contributed by atoms with van der Waals surface area (Å²) in [6, 6.07) is 12.6. The van der Waals surface area contributed by atoms with Crippen molar-refractivity contribution in [1.29, 1.82) is 0 Å². The molecule has 0 fully saturated rings. The van der Waals surface area contributed by atoms with E-state index in [1.54, 1.807) is 18.2 Å². The van der Waals surface area contributed by atoms with E-state index in [4.69, 9.17) is 28.3 Å². The number of halogens is 1. The van der Waals surface area contributed by atoms with E-state index in [1.807, 2.05) is 24.3 Å². The van der Waals surface area contributed by atoms with Crippen molar-refractivity contribution in [2.45, 2.75) is 0 Å². The van der Waals surface area contributed by atoms with Crippen LogP contribution in [0.15, 0.2) is 46.9 Å². The lowest BCUT2D eigenvalue weighted by atomic mass is 10.2. The standard InChI is InChI=1S/C15H10ClN3O/c1-18-9-6-7-10-13(8-9)20-15(17)14(10)19-12-5-3-2-4-11(12)16/h2-8,19H,17H2. The summed E-state index contributed by atoms with van der Waals surface area (Å²) in [5.74, 6) is 0.266. The lowest BCUT2D eigenvalue weighted by Crippen LogP contribution is -1.93. The summed E-state index contributed by atoms with van der Waals surface area (Å²) in [5, 5.41) is 4.58. The minimum atomic E-state index is 0.266. The Kier molecular flexibility index (Phi) is 2.97. The Morgan fingerprint density at radius 3 is 2.75 bits per heavy atom. The summed E-state index contributed by atoms with van der Waals surface area (Å²) >= 11 is 6.12. The molecule has 1 heterocycles. The molecule has 0 aliphatic rings. The molecule has 0 saturated carbocycles. The molecule has 3 N–H and O–H groups in total. The molecule has 20 heavy (non-hydrogen) atoms. The van der Waals surface area contributed by atoms with Crippen LogP contribution in [-0.2, 0) is 0 Å². The largest absolute Gasteiger partial charge is 0.440 e. The van der Waals surface area contributed by atoms with E-state index in [2.05, 4.69) is 10.2 Å². The molecule has 1 aromatic heterocycles. The van der Waals surface area contributed by atoms with E-state index in [-0.39, 0.29) is 5.88 Å². The van der Waals surface area contributed by atoms with Crippen LogP contribution in [0.5, 0.6) is 0 Å². The third-order valence-electron chi connectivity index (χ3n) is 2.96. The topological polar surface area (TPSA) is 55.5 Å². The van der Waals surface area contributed by atoms with Crippen LogP contribution < -0.4 is 11.1 Å². The molecule has 5 heteroatoms. The Hall–Kier alpha value is -2.64. The van der Waals surface area contributed by atoms with Gasteiger partial charge in [0.05, 0.1) is 17.3 Å². The molecule has 0 aliphatic heterocycles. The van der Waals surface area contributed by atoms with Crippen molar-refractivity contribution in [3.63, 3.8) is 0 Å². The molecule has 3 rings (SSSR count). The smallest absolute Gasteiger partial charge is 0.215 e. The van der Waals surface area contributed by atoms with Gasteiger partial charge in [0.2, 0.25) is 5.88 Å². The fourth-order valence-corrected chi connectivity index (χ4v) is 2.18. The van der Waals surface area contributed by atoms with E-state index in [0.717, 1.165) is 11.1 Å². The Morgan fingerprint density at radius 1 is 1.20 bits per heavy atom. The molecule has 0 saturated heterocycles. The van der Waals surface area contributed by atoms with Crippen molar-refractivity contribution in [2.24, 2.45) is 0 Å². The van der Waals surface area contributed by atoms with E-state index >= 15 is 0 Å². The maximum atomic E-state index is 7.01. The van der Waals surface area contributed by atoms with Gasteiger partial charge in [0.1, 0.15) is 11.3 Å². The molecule has 0 radical (unpaired) electrons. The lowest BCUT2D eigenvalue weighted by molar-refractivity contribution is 0.638. The number of rotatable bonds is 2. The number of nitrogen functional groups attached to an aromatic ring is 1. The molecule has 0 aliphatic carbocycles. The highest BCUT2D eigenvalue weighted by Gasteiger charge is 2.13. The first-order valence-electron chi connectivity index (χ1n) is 5.90. The molecule has 0 bridgehead atoms. The molecular weight excluding hydrogens is 274 g/mol. The van der Waals surface area contributed by atoms with Gasteiger partial charge in [-0.2, -0.15) is 0 Å². The highest BCUT2D eigenvalue weighted by Crippen LogP contribution is 2.38. The van der Waals surface area contributed by atoms with Crippen LogP contribution in [0, 0.1) is 6.57 Å². The molecular formula is C15H10ClN3O. The van der Waals surface area contributed by atoms with E-state index in [1.165, 1.54) is 0 Å². The predicted molar refractivity (Wildman–Crippen MR) is 81.6 cm³/mol. The van der Waals surface area contributed by atoms with Crippen molar-refractivity contribution < 1.29 is 4.42 Å². The van der Waals surface area contributed by atoms with Gasteiger partial charge in [0, 0.05) is 5.39 Å². The first-order valence-corrected chi connectivity index (χ1v) is 6.28. The zero-order valence-electron chi connectivity index (χ0n) is 10.4. The average Bonchev–Trinajstić information content (AvgIpc) is 2.76. The van der Waals surface area contributed by atoms with Gasteiger partial charge in [-0.25, -0.2) is 4.85 Å². The van der Waals surface area contributed by atoms with Gasteiger partial charge in [-0.05, 0) is 18.2 Å². The highest BCUT2D eigenvalue weighted by atomic mass is 35.5. The molecule has 0 unspecified atom stereocenters. The Labute approximate surface area is 120 Å². The molecule has 4 nitrogen and oxygen atoms in total. The quantitative estimate of drug-likeness (QED) is 0.653. The van der Waals surface area contributed by atoms with Crippen LogP contribution in [0.1, 0.15) is 0 Å². The molecule has 0 amide bonds. The summed E-state index contributed by atoms with van der Waals surface area (Å²) in [6.07, 6.45) is 0. The second-order valence-corrected chi connectivity index (χ2v) is 4.65. The maximum Gasteiger partial charge on any atom is 0.215 e. The fourth-order valence-electron chi connectivity index (χ4n) is 2.00. The van der Waals surface area contributed by atoms with Crippen molar-refractivity contribution in [1.82, 2.24) is 0 Å². The normalized spacial score (nSPS) is 10.4. The van der Waals surface area contributed by atoms with Crippen molar-refractivity contribution in [3.05, 3.63) is 58.9 Å². The number of hydrogen-bond acceptors (Lipinski definition) is 3. The van der Waals surface area contributed by atoms with Gasteiger partial charge in [0.25, 0.3) is 0 Å². The second-order valence-electron chi connectivity index (χ2n) is 4.24. The Balaban J connectivity index is 2.10. The summed E-state index contributed by atoms with van der Waals surface area (Å²) in [5.41, 5.74) is 8.38. The molecule has 0 spiro atoms. The van der Waals surface area contributed by atoms with Crippen LogP contribution in [-0.4, -0.2) is 0 Å². The number of hydrogen-bond donors (Lipinski definition) is 2. The van der Waals surface area contributed by atoms with E-state index in [9.17, 15) is 0 Å². The monoisotopic (exact) mass is 283 g/mol. The summed E-state index contributed by atoms with van der Waals surface area (Å²) in [6.45, 7) is 7.01. The lowest BCUT2D eigenvalue weighted by Gasteiger charge is -2.07. The van der Waals surface area contributed by atoms with Gasteiger partial charge in [-0.15, -0.1) is 0 Å². The van der Waals surface area contributed by atoms with Crippen LogP contribution in [0.25, 0.3) is 15.8 Å². The third kappa shape index (κ3) is 2.04. The first-order chi connectivity index (χ1) is 9.69. The summed E-state index contributed by atoms with van der Waals surface area (Å²) in [4.78, 5) is 3.37. The summed E-state index contributed by atoms with van der Waals surface area (Å²) in [7, 11) is 0. The number of para-hydroxylation sites is 1. The van der Waals surface area contributed by atoms with Crippen LogP contribution >= 0.6 is 11.6 Å². The van der Waals surface area contributed by atoms with Crippen molar-refractivity contribution in [2.75, 3.05) is 11.1 Å². The number of benzene rings is 2. The van der Waals surface area contributed by atoms with E-state index < -0.39 is 0 Å². The number of nitrogens with two attached hydrogens (primary N) is 1. The minimum Gasteiger partial charge on any atom is -0.440 e. The van der Waals surface area contributed by atoms with Crippen molar-refractivity contribution in [3.8, 4) is 0 Å². The Morgan fingerprint density at radius 2 is 2.00 bits per heavy atom. The number of nitrogens with one attached hydrogen (secondary N) is 1. The number of anilines is 3.